The summed E-state index contributed by atoms with van der Waals surface area (Å²) >= 11 is 1.34. The van der Waals surface area contributed by atoms with Crippen molar-refractivity contribution in [1.82, 2.24) is 4.98 Å². The molecule has 0 radical (unpaired) electrons. The van der Waals surface area contributed by atoms with E-state index in [1.54, 1.807) is 7.11 Å². The van der Waals surface area contributed by atoms with Crippen molar-refractivity contribution >= 4 is 22.4 Å². The van der Waals surface area contributed by atoms with Gasteiger partial charge in [-0.2, -0.15) is 0 Å². The van der Waals surface area contributed by atoms with E-state index in [4.69, 9.17) is 9.47 Å². The quantitative estimate of drug-likeness (QED) is 0.582. The van der Waals surface area contributed by atoms with Gasteiger partial charge in [0.05, 0.1) is 12.8 Å². The van der Waals surface area contributed by atoms with Crippen molar-refractivity contribution in [2.24, 2.45) is 0 Å². The van der Waals surface area contributed by atoms with Gasteiger partial charge in [0.2, 0.25) is 0 Å². The van der Waals surface area contributed by atoms with Crippen LogP contribution in [0.15, 0.2) is 0 Å². The van der Waals surface area contributed by atoms with E-state index in [1.165, 1.54) is 18.4 Å². The molecule has 1 aromatic rings. The Bertz CT molecular complexity index is 379. The van der Waals surface area contributed by atoms with Crippen molar-refractivity contribution in [2.75, 3.05) is 32.7 Å². The molecule has 0 amide bonds. The highest BCUT2D eigenvalue weighted by Crippen LogP contribution is 2.23. The lowest BCUT2D eigenvalue weighted by atomic mass is 10.2. The first kappa shape index (κ1) is 14.9. The molecule has 1 aromatic heterocycles. The van der Waals surface area contributed by atoms with E-state index in [2.05, 4.69) is 10.3 Å². The summed E-state index contributed by atoms with van der Waals surface area (Å²) in [5.74, 6) is -0.321. The number of aromatic nitrogens is 1. The van der Waals surface area contributed by atoms with Gasteiger partial charge in [-0.05, 0) is 26.2 Å². The van der Waals surface area contributed by atoms with Crippen LogP contribution in [0.3, 0.4) is 0 Å². The molecule has 102 valence electrons. The standard InChI is InChI=1S/C12H20N2O3S/c1-9-10(11(15)17-3)18-12(14-9)13-7-5-4-6-8-16-2/h4-8H2,1-3H3,(H,13,14). The Labute approximate surface area is 112 Å². The van der Waals surface area contributed by atoms with Crippen LogP contribution in [0.1, 0.15) is 34.6 Å². The van der Waals surface area contributed by atoms with Crippen LogP contribution in [0.25, 0.3) is 0 Å². The third-order valence-electron chi connectivity index (χ3n) is 2.47. The maximum Gasteiger partial charge on any atom is 0.350 e. The first-order chi connectivity index (χ1) is 8.69. The summed E-state index contributed by atoms with van der Waals surface area (Å²) in [4.78, 5) is 16.3. The number of carbonyl (C=O) groups excluding carboxylic acids is 1. The van der Waals surface area contributed by atoms with E-state index in [0.29, 0.717) is 10.6 Å². The van der Waals surface area contributed by atoms with E-state index < -0.39 is 0 Å². The highest BCUT2D eigenvalue weighted by Gasteiger charge is 2.15. The van der Waals surface area contributed by atoms with Gasteiger partial charge >= 0.3 is 5.97 Å². The van der Waals surface area contributed by atoms with Crippen LogP contribution in [0, 0.1) is 6.92 Å². The summed E-state index contributed by atoms with van der Waals surface area (Å²) in [6.07, 6.45) is 3.26. The molecule has 5 nitrogen and oxygen atoms in total. The summed E-state index contributed by atoms with van der Waals surface area (Å²) < 4.78 is 9.67. The topological polar surface area (TPSA) is 60.5 Å². The number of thiazole rings is 1. The molecule has 0 saturated heterocycles. The van der Waals surface area contributed by atoms with Crippen LogP contribution in [0.4, 0.5) is 5.13 Å². The number of carbonyl (C=O) groups is 1. The zero-order valence-electron chi connectivity index (χ0n) is 11.1. The van der Waals surface area contributed by atoms with Crippen LogP contribution in [-0.4, -0.2) is 38.3 Å². The minimum atomic E-state index is -0.321. The van der Waals surface area contributed by atoms with E-state index in [1.807, 2.05) is 6.92 Å². The minimum absolute atomic E-state index is 0.321. The van der Waals surface area contributed by atoms with Gasteiger partial charge in [0.1, 0.15) is 4.88 Å². The van der Waals surface area contributed by atoms with E-state index in [-0.39, 0.29) is 5.97 Å². The maximum atomic E-state index is 11.4. The van der Waals surface area contributed by atoms with Gasteiger partial charge < -0.3 is 14.8 Å². The van der Waals surface area contributed by atoms with Crippen molar-refractivity contribution in [3.05, 3.63) is 10.6 Å². The molecule has 0 unspecified atom stereocenters. The van der Waals surface area contributed by atoms with Gasteiger partial charge in [-0.15, -0.1) is 0 Å². The molecule has 1 rings (SSSR count). The second kappa shape index (κ2) is 8.05. The Morgan fingerprint density at radius 3 is 2.78 bits per heavy atom. The van der Waals surface area contributed by atoms with Gasteiger partial charge in [-0.25, -0.2) is 9.78 Å². The molecule has 1 heterocycles. The number of anilines is 1. The van der Waals surface area contributed by atoms with E-state index in [9.17, 15) is 4.79 Å². The number of unbranched alkanes of at least 4 members (excludes halogenated alkanes) is 2. The SMILES string of the molecule is COCCCCCNc1nc(C)c(C(=O)OC)s1. The van der Waals surface area contributed by atoms with E-state index >= 15 is 0 Å². The van der Waals surface area contributed by atoms with Crippen molar-refractivity contribution < 1.29 is 14.3 Å². The average molecular weight is 272 g/mol. The van der Waals surface area contributed by atoms with Crippen molar-refractivity contribution in [3.8, 4) is 0 Å². The fraction of sp³-hybridized carbons (Fsp3) is 0.667. The summed E-state index contributed by atoms with van der Waals surface area (Å²) in [5.41, 5.74) is 0.716. The molecule has 0 atom stereocenters. The number of aryl methyl sites for hydroxylation is 1. The van der Waals surface area contributed by atoms with Crippen LogP contribution in [-0.2, 0) is 9.47 Å². The molecule has 1 N–H and O–H groups in total. The largest absolute Gasteiger partial charge is 0.465 e. The van der Waals surface area contributed by atoms with Gasteiger partial charge in [0.25, 0.3) is 0 Å². The van der Waals surface area contributed by atoms with Crippen LogP contribution in [0.5, 0.6) is 0 Å². The molecule has 0 aliphatic rings. The average Bonchev–Trinajstić information content (AvgIpc) is 2.74. The van der Waals surface area contributed by atoms with Crippen LogP contribution >= 0.6 is 11.3 Å². The number of hydrogen-bond donors (Lipinski definition) is 1. The summed E-state index contributed by atoms with van der Waals surface area (Å²) in [7, 11) is 3.09. The fourth-order valence-corrected chi connectivity index (χ4v) is 2.41. The lowest BCUT2D eigenvalue weighted by Crippen LogP contribution is -2.01. The predicted molar refractivity (Wildman–Crippen MR) is 72.4 cm³/mol. The lowest BCUT2D eigenvalue weighted by molar-refractivity contribution is 0.0605. The molecule has 6 heteroatoms. The third kappa shape index (κ3) is 4.62. The predicted octanol–water partition coefficient (Wildman–Crippen LogP) is 2.47. The zero-order chi connectivity index (χ0) is 13.4. The highest BCUT2D eigenvalue weighted by molar-refractivity contribution is 7.17. The second-order valence-corrected chi connectivity index (χ2v) is 4.90. The van der Waals surface area contributed by atoms with Crippen molar-refractivity contribution in [3.63, 3.8) is 0 Å². The number of rotatable bonds is 8. The smallest absolute Gasteiger partial charge is 0.350 e. The molecule has 0 fully saturated rings. The number of ether oxygens (including phenoxy) is 2. The molecular formula is C12H20N2O3S. The Morgan fingerprint density at radius 1 is 1.33 bits per heavy atom. The molecule has 0 saturated carbocycles. The first-order valence-corrected chi connectivity index (χ1v) is 6.79. The second-order valence-electron chi connectivity index (χ2n) is 3.91. The van der Waals surface area contributed by atoms with E-state index in [0.717, 1.165) is 37.5 Å². The molecule has 18 heavy (non-hydrogen) atoms. The highest BCUT2D eigenvalue weighted by atomic mass is 32.1. The summed E-state index contributed by atoms with van der Waals surface area (Å²) in [6.45, 7) is 3.48. The van der Waals surface area contributed by atoms with Gasteiger partial charge in [-0.3, -0.25) is 0 Å². The molecule has 0 aliphatic carbocycles. The zero-order valence-corrected chi connectivity index (χ0v) is 11.9. The fourth-order valence-electron chi connectivity index (χ4n) is 1.50. The van der Waals surface area contributed by atoms with Gasteiger partial charge in [0, 0.05) is 20.3 Å². The molecule has 0 spiro atoms. The van der Waals surface area contributed by atoms with Gasteiger partial charge in [-0.1, -0.05) is 11.3 Å². The minimum Gasteiger partial charge on any atom is -0.465 e. The Hall–Kier alpha value is -1.14. The van der Waals surface area contributed by atoms with Crippen molar-refractivity contribution in [2.45, 2.75) is 26.2 Å². The lowest BCUT2D eigenvalue weighted by Gasteiger charge is -2.02. The van der Waals surface area contributed by atoms with Crippen LogP contribution in [0.2, 0.25) is 0 Å². The first-order valence-electron chi connectivity index (χ1n) is 5.97. The van der Waals surface area contributed by atoms with Gasteiger partial charge in [0.15, 0.2) is 5.13 Å². The number of nitrogens with zero attached hydrogens (tertiary/aromatic N) is 1. The van der Waals surface area contributed by atoms with Crippen molar-refractivity contribution in [1.29, 1.82) is 0 Å². The molecule has 0 aromatic carbocycles. The molecular weight excluding hydrogens is 252 g/mol. The Balaban J connectivity index is 2.33. The number of methoxy groups -OCH3 is 2. The summed E-state index contributed by atoms with van der Waals surface area (Å²) in [6, 6.07) is 0. The summed E-state index contributed by atoms with van der Waals surface area (Å²) in [5, 5.41) is 4.00. The maximum absolute atomic E-state index is 11.4. The molecule has 0 bridgehead atoms. The Kier molecular flexibility index (Phi) is 6.67. The number of esters is 1. The normalized spacial score (nSPS) is 10.4. The monoisotopic (exact) mass is 272 g/mol. The number of nitrogens with one attached hydrogen (secondary N) is 1. The van der Waals surface area contributed by atoms with Crippen LogP contribution < -0.4 is 5.32 Å². The third-order valence-corrected chi connectivity index (χ3v) is 3.56. The Morgan fingerprint density at radius 2 is 2.11 bits per heavy atom. The number of hydrogen-bond acceptors (Lipinski definition) is 6. The molecule has 0 aliphatic heterocycles.